The molecule has 1 aliphatic rings. The molecular formula is C12H16IN. The summed E-state index contributed by atoms with van der Waals surface area (Å²) in [7, 11) is 0. The molecule has 1 unspecified atom stereocenters. The van der Waals surface area contributed by atoms with Gasteiger partial charge in [0.2, 0.25) is 0 Å². The summed E-state index contributed by atoms with van der Waals surface area (Å²) in [6.45, 7) is 2.41. The van der Waals surface area contributed by atoms with E-state index in [0.29, 0.717) is 0 Å². The Kier molecular flexibility index (Phi) is 3.81. The molecule has 14 heavy (non-hydrogen) atoms. The maximum atomic E-state index is 2.61. The molecule has 1 fully saturated rings. The largest absolute Gasteiger partial charge is 0.295 e. The third-order valence-corrected chi connectivity index (χ3v) is 3.92. The van der Waals surface area contributed by atoms with Gasteiger partial charge in [0.25, 0.3) is 0 Å². The average Bonchev–Trinajstić information content (AvgIpc) is 2.67. The molecule has 2 rings (SSSR count). The smallest absolute Gasteiger partial charge is 0.0236 e. The van der Waals surface area contributed by atoms with Gasteiger partial charge in [-0.15, -0.1) is 0 Å². The number of alkyl halides is 1. The minimum atomic E-state index is 0.816. The summed E-state index contributed by atoms with van der Waals surface area (Å²) in [5.74, 6) is 0. The van der Waals surface area contributed by atoms with Crippen LogP contribution in [0.3, 0.4) is 0 Å². The molecule has 1 nitrogen and oxygen atoms in total. The summed E-state index contributed by atoms with van der Waals surface area (Å²) in [5.41, 5.74) is 1.45. The standard InChI is InChI=1S/C12H16IN/c13-9-12-7-4-8-14(12)10-11-5-2-1-3-6-11/h1-3,5-6,12H,4,7-10H2. The van der Waals surface area contributed by atoms with Crippen molar-refractivity contribution >= 4 is 22.6 Å². The summed E-state index contributed by atoms with van der Waals surface area (Å²) in [6, 6.07) is 11.6. The fourth-order valence-electron chi connectivity index (χ4n) is 2.10. The van der Waals surface area contributed by atoms with E-state index in [9.17, 15) is 0 Å². The first-order chi connectivity index (χ1) is 6.90. The number of benzene rings is 1. The van der Waals surface area contributed by atoms with Crippen LogP contribution < -0.4 is 0 Å². The third-order valence-electron chi connectivity index (χ3n) is 2.91. The molecule has 0 N–H and O–H groups in total. The summed E-state index contributed by atoms with van der Waals surface area (Å²) >= 11 is 2.51. The van der Waals surface area contributed by atoms with Crippen LogP contribution in [-0.4, -0.2) is 21.9 Å². The van der Waals surface area contributed by atoms with Crippen LogP contribution >= 0.6 is 22.6 Å². The van der Waals surface area contributed by atoms with Crippen LogP contribution in [0.1, 0.15) is 18.4 Å². The second-order valence-electron chi connectivity index (χ2n) is 3.91. The molecule has 0 radical (unpaired) electrons. The van der Waals surface area contributed by atoms with E-state index in [1.54, 1.807) is 0 Å². The molecule has 0 aromatic heterocycles. The van der Waals surface area contributed by atoms with E-state index in [1.807, 2.05) is 0 Å². The number of likely N-dealkylation sites (tertiary alicyclic amines) is 1. The molecule has 0 bridgehead atoms. The molecule has 2 heteroatoms. The molecule has 1 aromatic carbocycles. The monoisotopic (exact) mass is 301 g/mol. The van der Waals surface area contributed by atoms with E-state index in [-0.39, 0.29) is 0 Å². The molecule has 1 aliphatic heterocycles. The molecule has 0 spiro atoms. The van der Waals surface area contributed by atoms with Gasteiger partial charge in [-0.25, -0.2) is 0 Å². The Bertz CT molecular complexity index is 273. The van der Waals surface area contributed by atoms with E-state index in [1.165, 1.54) is 29.4 Å². The Balaban J connectivity index is 1.97. The lowest BCUT2D eigenvalue weighted by atomic mass is 10.2. The zero-order valence-corrected chi connectivity index (χ0v) is 10.5. The summed E-state index contributed by atoms with van der Waals surface area (Å²) in [5, 5.41) is 0. The fourth-order valence-corrected chi connectivity index (χ4v) is 3.09. The van der Waals surface area contributed by atoms with Gasteiger partial charge in [-0.1, -0.05) is 52.9 Å². The minimum Gasteiger partial charge on any atom is -0.295 e. The summed E-state index contributed by atoms with van der Waals surface area (Å²) in [4.78, 5) is 2.61. The predicted molar refractivity (Wildman–Crippen MR) is 68.8 cm³/mol. The van der Waals surface area contributed by atoms with E-state index >= 15 is 0 Å². The van der Waals surface area contributed by atoms with Gasteiger partial charge in [0.1, 0.15) is 0 Å². The molecule has 0 aliphatic carbocycles. The van der Waals surface area contributed by atoms with Gasteiger partial charge in [-0.05, 0) is 24.9 Å². The van der Waals surface area contributed by atoms with Gasteiger partial charge in [-0.2, -0.15) is 0 Å². The lowest BCUT2D eigenvalue weighted by Gasteiger charge is -2.22. The number of nitrogens with zero attached hydrogens (tertiary/aromatic N) is 1. The maximum Gasteiger partial charge on any atom is 0.0236 e. The third kappa shape index (κ3) is 2.48. The molecule has 1 saturated heterocycles. The van der Waals surface area contributed by atoms with Gasteiger partial charge in [-0.3, -0.25) is 4.90 Å². The Morgan fingerprint density at radius 2 is 2.07 bits per heavy atom. The molecule has 0 amide bonds. The average molecular weight is 301 g/mol. The van der Waals surface area contributed by atoms with Crippen molar-refractivity contribution in [2.24, 2.45) is 0 Å². The predicted octanol–water partition coefficient (Wildman–Crippen LogP) is 3.09. The quantitative estimate of drug-likeness (QED) is 0.612. The van der Waals surface area contributed by atoms with E-state index in [4.69, 9.17) is 0 Å². The number of hydrogen-bond acceptors (Lipinski definition) is 1. The Morgan fingerprint density at radius 3 is 2.79 bits per heavy atom. The second-order valence-corrected chi connectivity index (χ2v) is 4.79. The topological polar surface area (TPSA) is 3.24 Å². The molecule has 1 atom stereocenters. The van der Waals surface area contributed by atoms with Crippen LogP contribution in [0.4, 0.5) is 0 Å². The first kappa shape index (κ1) is 10.4. The van der Waals surface area contributed by atoms with Crippen molar-refractivity contribution in [2.45, 2.75) is 25.4 Å². The van der Waals surface area contributed by atoms with Crippen molar-refractivity contribution in [3.8, 4) is 0 Å². The number of halogens is 1. The van der Waals surface area contributed by atoms with Crippen molar-refractivity contribution in [2.75, 3.05) is 11.0 Å². The van der Waals surface area contributed by atoms with Crippen molar-refractivity contribution in [3.05, 3.63) is 35.9 Å². The minimum absolute atomic E-state index is 0.816. The van der Waals surface area contributed by atoms with Gasteiger partial charge < -0.3 is 0 Å². The molecule has 1 aromatic rings. The van der Waals surface area contributed by atoms with Gasteiger partial charge in [0.05, 0.1) is 0 Å². The summed E-state index contributed by atoms with van der Waals surface area (Å²) < 4.78 is 1.27. The van der Waals surface area contributed by atoms with Crippen LogP contribution in [0.25, 0.3) is 0 Å². The Morgan fingerprint density at radius 1 is 1.29 bits per heavy atom. The molecular weight excluding hydrogens is 285 g/mol. The highest BCUT2D eigenvalue weighted by molar-refractivity contribution is 14.1. The maximum absolute atomic E-state index is 2.61. The zero-order chi connectivity index (χ0) is 9.80. The Labute approximate surface area is 99.6 Å². The van der Waals surface area contributed by atoms with E-state index in [0.717, 1.165) is 12.6 Å². The van der Waals surface area contributed by atoms with Crippen LogP contribution in [0.2, 0.25) is 0 Å². The lowest BCUT2D eigenvalue weighted by Crippen LogP contribution is -2.29. The van der Waals surface area contributed by atoms with Crippen molar-refractivity contribution in [3.63, 3.8) is 0 Å². The highest BCUT2D eigenvalue weighted by atomic mass is 127. The van der Waals surface area contributed by atoms with Crippen LogP contribution in [0.15, 0.2) is 30.3 Å². The van der Waals surface area contributed by atoms with Crippen molar-refractivity contribution < 1.29 is 0 Å². The van der Waals surface area contributed by atoms with E-state index in [2.05, 4.69) is 57.8 Å². The fraction of sp³-hybridized carbons (Fsp3) is 0.500. The number of rotatable bonds is 3. The lowest BCUT2D eigenvalue weighted by molar-refractivity contribution is 0.266. The molecule has 76 valence electrons. The Hall–Kier alpha value is -0.0900. The van der Waals surface area contributed by atoms with Gasteiger partial charge >= 0.3 is 0 Å². The van der Waals surface area contributed by atoms with Crippen LogP contribution in [0, 0.1) is 0 Å². The summed E-state index contributed by atoms with van der Waals surface area (Å²) in [6.07, 6.45) is 2.76. The van der Waals surface area contributed by atoms with Gasteiger partial charge in [0.15, 0.2) is 0 Å². The van der Waals surface area contributed by atoms with Crippen LogP contribution in [-0.2, 0) is 6.54 Å². The highest BCUT2D eigenvalue weighted by Crippen LogP contribution is 2.21. The van der Waals surface area contributed by atoms with Crippen molar-refractivity contribution in [1.82, 2.24) is 4.90 Å². The normalized spacial score (nSPS) is 22.8. The highest BCUT2D eigenvalue weighted by Gasteiger charge is 2.22. The second kappa shape index (κ2) is 5.12. The van der Waals surface area contributed by atoms with Crippen LogP contribution in [0.5, 0.6) is 0 Å². The first-order valence-corrected chi connectivity index (χ1v) is 6.76. The molecule has 0 saturated carbocycles. The van der Waals surface area contributed by atoms with E-state index < -0.39 is 0 Å². The number of hydrogen-bond donors (Lipinski definition) is 0. The van der Waals surface area contributed by atoms with Gasteiger partial charge in [0, 0.05) is 17.0 Å². The first-order valence-electron chi connectivity index (χ1n) is 5.24. The van der Waals surface area contributed by atoms with Crippen molar-refractivity contribution in [1.29, 1.82) is 0 Å². The SMILES string of the molecule is ICC1CCCN1Cc1ccccc1. The zero-order valence-electron chi connectivity index (χ0n) is 8.32. The molecule has 1 heterocycles.